The van der Waals surface area contributed by atoms with Crippen LogP contribution < -0.4 is 4.74 Å². The SMILES string of the molecule is Cc1cccc(OCC(=O)N2CCC[C@H](n3nc(C)nc3C)C2)c1. The predicted molar refractivity (Wildman–Crippen MR) is 91.0 cm³/mol. The van der Waals surface area contributed by atoms with E-state index in [2.05, 4.69) is 10.1 Å². The molecule has 3 rings (SSSR count). The van der Waals surface area contributed by atoms with Crippen LogP contribution in [0.4, 0.5) is 0 Å². The molecule has 1 aromatic heterocycles. The standard InChI is InChI=1S/C18H24N4O2/c1-13-6-4-8-17(10-13)24-12-18(23)21-9-5-7-16(11-21)22-15(3)19-14(2)20-22/h4,6,8,10,16H,5,7,9,11-12H2,1-3H3/t16-/m0/s1. The molecule has 1 fully saturated rings. The largest absolute Gasteiger partial charge is 0.484 e. The highest BCUT2D eigenvalue weighted by atomic mass is 16.5. The topological polar surface area (TPSA) is 60.2 Å². The van der Waals surface area contributed by atoms with Gasteiger partial charge in [-0.2, -0.15) is 5.10 Å². The van der Waals surface area contributed by atoms with Gasteiger partial charge in [0.2, 0.25) is 0 Å². The molecule has 1 saturated heterocycles. The molecule has 0 N–H and O–H groups in total. The van der Waals surface area contributed by atoms with Gasteiger partial charge in [-0.25, -0.2) is 9.67 Å². The Labute approximate surface area is 142 Å². The van der Waals surface area contributed by atoms with Crippen LogP contribution in [0.5, 0.6) is 5.75 Å². The van der Waals surface area contributed by atoms with Crippen molar-refractivity contribution in [2.24, 2.45) is 0 Å². The third-order valence-corrected chi connectivity index (χ3v) is 4.35. The molecule has 0 spiro atoms. The van der Waals surface area contributed by atoms with Gasteiger partial charge in [-0.05, 0) is 51.3 Å². The van der Waals surface area contributed by atoms with Gasteiger partial charge in [0, 0.05) is 13.1 Å². The maximum atomic E-state index is 12.5. The lowest BCUT2D eigenvalue weighted by molar-refractivity contribution is -0.135. The molecule has 1 aromatic carbocycles. The number of hydrogen-bond donors (Lipinski definition) is 0. The van der Waals surface area contributed by atoms with Crippen molar-refractivity contribution < 1.29 is 9.53 Å². The smallest absolute Gasteiger partial charge is 0.260 e. The van der Waals surface area contributed by atoms with Crippen LogP contribution in [0.25, 0.3) is 0 Å². The summed E-state index contributed by atoms with van der Waals surface area (Å²) in [5.41, 5.74) is 1.12. The van der Waals surface area contributed by atoms with Crippen LogP contribution in [0, 0.1) is 20.8 Å². The Morgan fingerprint density at radius 3 is 2.88 bits per heavy atom. The normalized spacial score (nSPS) is 17.8. The average molecular weight is 328 g/mol. The zero-order valence-corrected chi connectivity index (χ0v) is 14.5. The molecule has 2 heterocycles. The van der Waals surface area contributed by atoms with Gasteiger partial charge >= 0.3 is 0 Å². The first-order valence-corrected chi connectivity index (χ1v) is 8.40. The Morgan fingerprint density at radius 2 is 2.17 bits per heavy atom. The van der Waals surface area contributed by atoms with Crippen LogP contribution in [-0.2, 0) is 4.79 Å². The Bertz CT molecular complexity index is 726. The average Bonchev–Trinajstić information content (AvgIpc) is 2.91. The Hall–Kier alpha value is -2.37. The quantitative estimate of drug-likeness (QED) is 0.865. The highest BCUT2D eigenvalue weighted by molar-refractivity contribution is 5.77. The van der Waals surface area contributed by atoms with Crippen molar-refractivity contribution in [1.29, 1.82) is 0 Å². The second-order valence-electron chi connectivity index (χ2n) is 6.39. The van der Waals surface area contributed by atoms with Crippen LogP contribution >= 0.6 is 0 Å². The van der Waals surface area contributed by atoms with Gasteiger partial charge in [0.1, 0.15) is 17.4 Å². The highest BCUT2D eigenvalue weighted by Crippen LogP contribution is 2.22. The molecule has 0 aliphatic carbocycles. The van der Waals surface area contributed by atoms with Gasteiger partial charge in [-0.15, -0.1) is 0 Å². The number of ether oxygens (including phenoxy) is 1. The van der Waals surface area contributed by atoms with Crippen LogP contribution in [0.3, 0.4) is 0 Å². The minimum Gasteiger partial charge on any atom is -0.484 e. The fraction of sp³-hybridized carbons (Fsp3) is 0.500. The molecule has 24 heavy (non-hydrogen) atoms. The summed E-state index contributed by atoms with van der Waals surface area (Å²) in [5, 5.41) is 4.47. The summed E-state index contributed by atoms with van der Waals surface area (Å²) in [6, 6.07) is 7.95. The van der Waals surface area contributed by atoms with E-state index in [1.807, 2.05) is 54.6 Å². The fourth-order valence-corrected chi connectivity index (χ4v) is 3.20. The molecule has 6 heteroatoms. The van der Waals surface area contributed by atoms with Crippen molar-refractivity contribution in [3.05, 3.63) is 41.5 Å². The lowest BCUT2D eigenvalue weighted by Gasteiger charge is -2.33. The van der Waals surface area contributed by atoms with E-state index >= 15 is 0 Å². The first-order chi connectivity index (χ1) is 11.5. The molecular weight excluding hydrogens is 304 g/mol. The summed E-state index contributed by atoms with van der Waals surface area (Å²) in [5.74, 6) is 2.44. The molecule has 1 amide bonds. The minimum atomic E-state index is 0.0238. The van der Waals surface area contributed by atoms with Crippen LogP contribution in [0.1, 0.15) is 36.1 Å². The van der Waals surface area contributed by atoms with Crippen LogP contribution in [0.15, 0.2) is 24.3 Å². The van der Waals surface area contributed by atoms with E-state index in [1.165, 1.54) is 0 Å². The number of carbonyl (C=O) groups is 1. The van der Waals surface area contributed by atoms with E-state index in [1.54, 1.807) is 0 Å². The molecule has 2 aromatic rings. The first kappa shape index (κ1) is 16.5. The van der Waals surface area contributed by atoms with Crippen LogP contribution in [0.2, 0.25) is 0 Å². The molecule has 0 radical (unpaired) electrons. The zero-order chi connectivity index (χ0) is 17.1. The Kier molecular flexibility index (Phi) is 4.83. The molecule has 128 valence electrons. The summed E-state index contributed by atoms with van der Waals surface area (Å²) in [4.78, 5) is 18.7. The van der Waals surface area contributed by atoms with Gasteiger partial charge in [0.05, 0.1) is 6.04 Å². The minimum absolute atomic E-state index is 0.0238. The second kappa shape index (κ2) is 7.03. The van der Waals surface area contributed by atoms with Gasteiger partial charge in [-0.3, -0.25) is 4.79 Å². The summed E-state index contributed by atoms with van der Waals surface area (Å²) in [6.07, 6.45) is 1.99. The van der Waals surface area contributed by atoms with E-state index in [0.717, 1.165) is 42.3 Å². The molecule has 0 saturated carbocycles. The molecule has 1 atom stereocenters. The van der Waals surface area contributed by atoms with E-state index in [9.17, 15) is 4.79 Å². The molecule has 0 bridgehead atoms. The van der Waals surface area contributed by atoms with Gasteiger partial charge in [-0.1, -0.05) is 12.1 Å². The summed E-state index contributed by atoms with van der Waals surface area (Å²) >= 11 is 0. The van der Waals surface area contributed by atoms with Crippen molar-refractivity contribution in [3.63, 3.8) is 0 Å². The number of benzene rings is 1. The van der Waals surface area contributed by atoms with E-state index in [4.69, 9.17) is 4.74 Å². The molecular formula is C18H24N4O2. The van der Waals surface area contributed by atoms with Crippen molar-refractivity contribution in [3.8, 4) is 5.75 Å². The van der Waals surface area contributed by atoms with Gasteiger partial charge < -0.3 is 9.64 Å². The predicted octanol–water partition coefficient (Wildman–Crippen LogP) is 2.45. The van der Waals surface area contributed by atoms with Crippen molar-refractivity contribution in [1.82, 2.24) is 19.7 Å². The zero-order valence-electron chi connectivity index (χ0n) is 14.5. The van der Waals surface area contributed by atoms with Gasteiger partial charge in [0.25, 0.3) is 5.91 Å². The van der Waals surface area contributed by atoms with Gasteiger partial charge in [0.15, 0.2) is 6.61 Å². The fourth-order valence-electron chi connectivity index (χ4n) is 3.20. The van der Waals surface area contributed by atoms with E-state index in [0.29, 0.717) is 6.54 Å². The van der Waals surface area contributed by atoms with Crippen molar-refractivity contribution in [2.45, 2.75) is 39.7 Å². The van der Waals surface area contributed by atoms with Crippen LogP contribution in [-0.4, -0.2) is 45.3 Å². The first-order valence-electron chi connectivity index (χ1n) is 8.40. The van der Waals surface area contributed by atoms with Crippen molar-refractivity contribution >= 4 is 5.91 Å². The van der Waals surface area contributed by atoms with E-state index in [-0.39, 0.29) is 18.6 Å². The third kappa shape index (κ3) is 3.75. The number of likely N-dealkylation sites (tertiary alicyclic amines) is 1. The number of aryl methyl sites for hydroxylation is 3. The lowest BCUT2D eigenvalue weighted by Crippen LogP contribution is -2.43. The Balaban J connectivity index is 1.60. The number of piperidine rings is 1. The maximum absolute atomic E-state index is 12.5. The number of nitrogens with zero attached hydrogens (tertiary/aromatic N) is 4. The molecule has 6 nitrogen and oxygen atoms in total. The monoisotopic (exact) mass is 328 g/mol. The summed E-state index contributed by atoms with van der Waals surface area (Å²) in [6.45, 7) is 7.38. The number of amides is 1. The lowest BCUT2D eigenvalue weighted by atomic mass is 10.1. The van der Waals surface area contributed by atoms with Crippen molar-refractivity contribution in [2.75, 3.05) is 19.7 Å². The number of rotatable bonds is 4. The molecule has 1 aliphatic heterocycles. The summed E-state index contributed by atoms with van der Waals surface area (Å²) < 4.78 is 7.60. The van der Waals surface area contributed by atoms with E-state index < -0.39 is 0 Å². The molecule has 1 aliphatic rings. The number of aromatic nitrogens is 3. The number of carbonyl (C=O) groups excluding carboxylic acids is 1. The maximum Gasteiger partial charge on any atom is 0.260 e. The third-order valence-electron chi connectivity index (χ3n) is 4.35. The Morgan fingerprint density at radius 1 is 1.33 bits per heavy atom. The number of hydrogen-bond acceptors (Lipinski definition) is 4. The molecule has 0 unspecified atom stereocenters. The second-order valence-corrected chi connectivity index (χ2v) is 6.39. The highest BCUT2D eigenvalue weighted by Gasteiger charge is 2.26. The summed E-state index contributed by atoms with van der Waals surface area (Å²) in [7, 11) is 0.